The van der Waals surface area contributed by atoms with Gasteiger partial charge >= 0.3 is 6.18 Å². The van der Waals surface area contributed by atoms with Crippen molar-refractivity contribution in [1.29, 1.82) is 0 Å². The molecule has 3 nitrogen and oxygen atoms in total. The molecule has 0 heterocycles. The van der Waals surface area contributed by atoms with Gasteiger partial charge in [-0.15, -0.1) is 0 Å². The second kappa shape index (κ2) is 6.74. The number of halogens is 3. The predicted molar refractivity (Wildman–Crippen MR) is 71.1 cm³/mol. The summed E-state index contributed by atoms with van der Waals surface area (Å²) < 4.78 is 37.9. The molecule has 0 bridgehead atoms. The van der Waals surface area contributed by atoms with Crippen molar-refractivity contribution in [2.24, 2.45) is 0 Å². The highest BCUT2D eigenvalue weighted by Gasteiger charge is 2.30. The largest absolute Gasteiger partial charge is 0.416 e. The molecule has 0 aliphatic rings. The van der Waals surface area contributed by atoms with Crippen LogP contribution in [0.5, 0.6) is 0 Å². The predicted octanol–water partition coefficient (Wildman–Crippen LogP) is 2.88. The normalized spacial score (nSPS) is 14.7. The number of nitrogens with one attached hydrogen (secondary N) is 2. The van der Waals surface area contributed by atoms with Gasteiger partial charge in [0.15, 0.2) is 0 Å². The Hall–Kier alpha value is -1.56. The summed E-state index contributed by atoms with van der Waals surface area (Å²) in [6, 6.07) is 4.28. The van der Waals surface area contributed by atoms with E-state index in [0.29, 0.717) is 12.1 Å². The maximum Gasteiger partial charge on any atom is 0.416 e. The van der Waals surface area contributed by atoms with Crippen LogP contribution in [0.1, 0.15) is 37.9 Å². The smallest absolute Gasteiger partial charge is 0.355 e. The van der Waals surface area contributed by atoms with Gasteiger partial charge in [0.2, 0.25) is 5.91 Å². The van der Waals surface area contributed by atoms with Gasteiger partial charge in [-0.3, -0.25) is 10.1 Å². The summed E-state index contributed by atoms with van der Waals surface area (Å²) in [6.45, 7) is 5.73. The van der Waals surface area contributed by atoms with Crippen LogP contribution in [0.25, 0.3) is 0 Å². The number of alkyl halides is 3. The molecule has 0 saturated carbocycles. The lowest BCUT2D eigenvalue weighted by Gasteiger charge is -2.20. The Morgan fingerprint density at radius 3 is 2.50 bits per heavy atom. The molecule has 0 fully saturated rings. The third kappa shape index (κ3) is 4.52. The molecule has 6 heteroatoms. The highest BCUT2D eigenvalue weighted by Crippen LogP contribution is 2.30. The molecule has 0 aromatic heterocycles. The molecular weight excluding hydrogens is 269 g/mol. The van der Waals surface area contributed by atoms with E-state index in [1.54, 1.807) is 26.8 Å². The molecule has 0 aliphatic heterocycles. The molecule has 20 heavy (non-hydrogen) atoms. The zero-order valence-electron chi connectivity index (χ0n) is 11.7. The van der Waals surface area contributed by atoms with E-state index in [2.05, 4.69) is 10.6 Å². The molecule has 1 amide bonds. The van der Waals surface area contributed by atoms with Gasteiger partial charge in [-0.05, 0) is 38.5 Å². The lowest BCUT2D eigenvalue weighted by atomic mass is 10.0. The first-order chi connectivity index (χ1) is 9.25. The molecule has 112 valence electrons. The van der Waals surface area contributed by atoms with Crippen molar-refractivity contribution in [3.8, 4) is 0 Å². The quantitative estimate of drug-likeness (QED) is 0.874. The van der Waals surface area contributed by atoms with E-state index in [1.165, 1.54) is 6.07 Å². The average molecular weight is 288 g/mol. The first-order valence-corrected chi connectivity index (χ1v) is 6.46. The number of rotatable bonds is 5. The summed E-state index contributed by atoms with van der Waals surface area (Å²) in [5.74, 6) is -0.175. The third-order valence-electron chi connectivity index (χ3n) is 2.96. The molecule has 0 radical (unpaired) electrons. The lowest BCUT2D eigenvalue weighted by molar-refractivity contribution is -0.137. The molecule has 1 rings (SSSR count). The van der Waals surface area contributed by atoms with Crippen molar-refractivity contribution in [2.45, 2.75) is 39.0 Å². The van der Waals surface area contributed by atoms with Gasteiger partial charge in [-0.25, -0.2) is 0 Å². The maximum atomic E-state index is 12.6. The molecule has 1 aromatic carbocycles. The first-order valence-electron chi connectivity index (χ1n) is 6.46. The Balaban J connectivity index is 2.77. The number of carbonyl (C=O) groups excluding carboxylic acids is 1. The minimum atomic E-state index is -4.36. The van der Waals surface area contributed by atoms with E-state index >= 15 is 0 Å². The fourth-order valence-corrected chi connectivity index (χ4v) is 1.86. The third-order valence-corrected chi connectivity index (χ3v) is 2.96. The molecule has 0 aliphatic carbocycles. The highest BCUT2D eigenvalue weighted by atomic mass is 19.4. The van der Waals surface area contributed by atoms with Crippen LogP contribution in [0.15, 0.2) is 24.3 Å². The van der Waals surface area contributed by atoms with Crippen molar-refractivity contribution >= 4 is 5.91 Å². The van der Waals surface area contributed by atoms with Crippen molar-refractivity contribution in [3.63, 3.8) is 0 Å². The van der Waals surface area contributed by atoms with Crippen LogP contribution < -0.4 is 10.6 Å². The second-order valence-electron chi connectivity index (χ2n) is 4.63. The standard InChI is InChI=1S/C14H19F3N2O/c1-4-18-13(20)10(3)19-9(2)11-6-5-7-12(8-11)14(15,16)17/h5-10,19H,4H2,1-3H3,(H,18,20). The lowest BCUT2D eigenvalue weighted by Crippen LogP contribution is -2.43. The van der Waals surface area contributed by atoms with Crippen LogP contribution in [0.4, 0.5) is 13.2 Å². The fraction of sp³-hybridized carbons (Fsp3) is 0.500. The minimum Gasteiger partial charge on any atom is -0.355 e. The Labute approximate surface area is 116 Å². The van der Waals surface area contributed by atoms with Gasteiger partial charge in [-0.1, -0.05) is 12.1 Å². The number of carbonyl (C=O) groups is 1. The molecule has 0 saturated heterocycles. The van der Waals surface area contributed by atoms with Gasteiger partial charge in [-0.2, -0.15) is 13.2 Å². The van der Waals surface area contributed by atoms with E-state index in [1.807, 2.05) is 0 Å². The average Bonchev–Trinajstić information content (AvgIpc) is 2.38. The van der Waals surface area contributed by atoms with Crippen LogP contribution >= 0.6 is 0 Å². The minimum absolute atomic E-state index is 0.175. The van der Waals surface area contributed by atoms with Gasteiger partial charge in [0.1, 0.15) is 0 Å². The van der Waals surface area contributed by atoms with E-state index in [0.717, 1.165) is 12.1 Å². The van der Waals surface area contributed by atoms with Gasteiger partial charge in [0.05, 0.1) is 11.6 Å². The van der Waals surface area contributed by atoms with Crippen LogP contribution in [-0.4, -0.2) is 18.5 Å². The Bertz CT molecular complexity index is 460. The Morgan fingerprint density at radius 2 is 1.95 bits per heavy atom. The molecule has 2 N–H and O–H groups in total. The second-order valence-corrected chi connectivity index (χ2v) is 4.63. The molecule has 2 atom stereocenters. The summed E-state index contributed by atoms with van der Waals surface area (Å²) in [5.41, 5.74) is -0.190. The number of hydrogen-bond acceptors (Lipinski definition) is 2. The molecule has 2 unspecified atom stereocenters. The molecule has 0 spiro atoms. The van der Waals surface area contributed by atoms with Crippen LogP contribution in [-0.2, 0) is 11.0 Å². The van der Waals surface area contributed by atoms with Crippen molar-refractivity contribution < 1.29 is 18.0 Å². The molecule has 1 aromatic rings. The fourth-order valence-electron chi connectivity index (χ4n) is 1.86. The Kier molecular flexibility index (Phi) is 5.56. The van der Waals surface area contributed by atoms with Gasteiger partial charge < -0.3 is 5.32 Å². The Morgan fingerprint density at radius 1 is 1.30 bits per heavy atom. The van der Waals surface area contributed by atoms with E-state index < -0.39 is 17.8 Å². The van der Waals surface area contributed by atoms with E-state index in [4.69, 9.17) is 0 Å². The van der Waals surface area contributed by atoms with Crippen molar-refractivity contribution in [1.82, 2.24) is 10.6 Å². The first kappa shape index (κ1) is 16.5. The van der Waals surface area contributed by atoms with E-state index in [9.17, 15) is 18.0 Å². The zero-order chi connectivity index (χ0) is 15.3. The topological polar surface area (TPSA) is 41.1 Å². The number of likely N-dealkylation sites (N-methyl/N-ethyl adjacent to an activating group) is 1. The summed E-state index contributed by atoms with van der Waals surface area (Å²) >= 11 is 0. The monoisotopic (exact) mass is 288 g/mol. The SMILES string of the molecule is CCNC(=O)C(C)NC(C)c1cccc(C(F)(F)F)c1. The summed E-state index contributed by atoms with van der Waals surface area (Å²) in [6.07, 6.45) is -4.36. The molecular formula is C14H19F3N2O. The highest BCUT2D eigenvalue weighted by molar-refractivity contribution is 5.81. The van der Waals surface area contributed by atoms with Crippen LogP contribution in [0.3, 0.4) is 0 Å². The summed E-state index contributed by atoms with van der Waals surface area (Å²) in [7, 11) is 0. The maximum absolute atomic E-state index is 12.6. The van der Waals surface area contributed by atoms with Gasteiger partial charge in [0.25, 0.3) is 0 Å². The van der Waals surface area contributed by atoms with Gasteiger partial charge in [0, 0.05) is 12.6 Å². The van der Waals surface area contributed by atoms with Crippen molar-refractivity contribution in [2.75, 3.05) is 6.54 Å². The van der Waals surface area contributed by atoms with E-state index in [-0.39, 0.29) is 11.9 Å². The number of benzene rings is 1. The summed E-state index contributed by atoms with van der Waals surface area (Å²) in [4.78, 5) is 11.6. The summed E-state index contributed by atoms with van der Waals surface area (Å²) in [5, 5.41) is 5.64. The van der Waals surface area contributed by atoms with Crippen molar-refractivity contribution in [3.05, 3.63) is 35.4 Å². The van der Waals surface area contributed by atoms with Crippen LogP contribution in [0.2, 0.25) is 0 Å². The number of amides is 1. The number of hydrogen-bond donors (Lipinski definition) is 2. The van der Waals surface area contributed by atoms with Crippen LogP contribution in [0, 0.1) is 0 Å². The zero-order valence-corrected chi connectivity index (χ0v) is 11.7.